The summed E-state index contributed by atoms with van der Waals surface area (Å²) in [5.74, 6) is 0.0305. The summed E-state index contributed by atoms with van der Waals surface area (Å²) >= 11 is 4.61. The number of thiocarbonyl (C=S) groups is 1. The lowest BCUT2D eigenvalue weighted by Crippen LogP contribution is -2.34. The predicted octanol–water partition coefficient (Wildman–Crippen LogP) is 3.39. The number of carbonyl (C=O) groups is 1. The molecule has 0 bridgehead atoms. The Kier molecular flexibility index (Phi) is 4.76. The van der Waals surface area contributed by atoms with Gasteiger partial charge in [0.05, 0.1) is 10.8 Å². The Morgan fingerprint density at radius 1 is 1.44 bits per heavy atom. The molecular formula is C14H18N2OS. The summed E-state index contributed by atoms with van der Waals surface area (Å²) in [5, 5.41) is 5.26. The molecule has 0 radical (unpaired) electrons. The van der Waals surface area contributed by atoms with Gasteiger partial charge in [0.15, 0.2) is 0 Å². The van der Waals surface area contributed by atoms with Crippen LogP contribution in [-0.2, 0) is 11.3 Å². The molecule has 1 aromatic carbocycles. The Morgan fingerprint density at radius 2 is 2.11 bits per heavy atom. The Balaban J connectivity index is 2.78. The minimum Gasteiger partial charge on any atom is -0.352 e. The number of isothiocyanates is 1. The van der Waals surface area contributed by atoms with Gasteiger partial charge in [-0.15, -0.1) is 0 Å². The first-order chi connectivity index (χ1) is 8.34. The van der Waals surface area contributed by atoms with Crippen molar-refractivity contribution in [3.8, 4) is 0 Å². The number of hydrogen-bond acceptors (Lipinski definition) is 3. The van der Waals surface area contributed by atoms with Crippen LogP contribution in [0.2, 0.25) is 0 Å². The Labute approximate surface area is 113 Å². The average molecular weight is 262 g/mol. The second kappa shape index (κ2) is 5.89. The SMILES string of the molecule is Cc1ccc(CNC(=O)C(C)(C)C)cc1N=C=S. The van der Waals surface area contributed by atoms with Gasteiger partial charge in [-0.1, -0.05) is 32.9 Å². The summed E-state index contributed by atoms with van der Waals surface area (Å²) in [6.07, 6.45) is 0. The smallest absolute Gasteiger partial charge is 0.225 e. The van der Waals surface area contributed by atoms with Crippen molar-refractivity contribution in [2.45, 2.75) is 34.2 Å². The van der Waals surface area contributed by atoms with E-state index in [1.807, 2.05) is 45.9 Å². The number of nitrogens with one attached hydrogen (secondary N) is 1. The summed E-state index contributed by atoms with van der Waals surface area (Å²) in [6.45, 7) is 8.12. The molecule has 1 amide bonds. The molecule has 0 saturated carbocycles. The van der Waals surface area contributed by atoms with E-state index >= 15 is 0 Å². The molecule has 1 N–H and O–H groups in total. The minimum absolute atomic E-state index is 0.0305. The maximum Gasteiger partial charge on any atom is 0.225 e. The van der Waals surface area contributed by atoms with Gasteiger partial charge in [-0.2, -0.15) is 4.99 Å². The fraction of sp³-hybridized carbons (Fsp3) is 0.429. The van der Waals surface area contributed by atoms with Crippen LogP contribution >= 0.6 is 12.2 Å². The highest BCUT2D eigenvalue weighted by Crippen LogP contribution is 2.20. The van der Waals surface area contributed by atoms with E-state index in [-0.39, 0.29) is 11.3 Å². The molecule has 0 fully saturated rings. The predicted molar refractivity (Wildman–Crippen MR) is 77.2 cm³/mol. The molecule has 0 aliphatic rings. The molecule has 18 heavy (non-hydrogen) atoms. The molecule has 0 spiro atoms. The molecule has 1 aromatic rings. The molecule has 3 nitrogen and oxygen atoms in total. The summed E-state index contributed by atoms with van der Waals surface area (Å²) in [6, 6.07) is 5.85. The van der Waals surface area contributed by atoms with Crippen molar-refractivity contribution in [3.05, 3.63) is 29.3 Å². The van der Waals surface area contributed by atoms with Gasteiger partial charge in [0.2, 0.25) is 5.91 Å². The second-order valence-corrected chi connectivity index (χ2v) is 5.44. The third-order valence-corrected chi connectivity index (χ3v) is 2.67. The first kappa shape index (κ1) is 14.6. The average Bonchev–Trinajstić information content (AvgIpc) is 2.28. The zero-order valence-electron chi connectivity index (χ0n) is 11.2. The van der Waals surface area contributed by atoms with E-state index in [1.165, 1.54) is 0 Å². The normalized spacial score (nSPS) is 10.7. The van der Waals surface area contributed by atoms with E-state index in [4.69, 9.17) is 0 Å². The third kappa shape index (κ3) is 4.06. The maximum absolute atomic E-state index is 11.8. The molecule has 0 unspecified atom stereocenters. The Bertz CT molecular complexity index is 497. The van der Waals surface area contributed by atoms with E-state index < -0.39 is 0 Å². The van der Waals surface area contributed by atoms with E-state index in [2.05, 4.69) is 27.7 Å². The number of nitrogens with zero attached hydrogens (tertiary/aromatic N) is 1. The molecule has 0 aromatic heterocycles. The molecule has 0 aliphatic carbocycles. The van der Waals surface area contributed by atoms with E-state index in [0.717, 1.165) is 16.8 Å². The number of aliphatic imine (C=N–C) groups is 1. The molecule has 0 aliphatic heterocycles. The quantitative estimate of drug-likeness (QED) is 0.670. The highest BCUT2D eigenvalue weighted by Gasteiger charge is 2.20. The fourth-order valence-electron chi connectivity index (χ4n) is 1.38. The molecule has 96 valence electrons. The largest absolute Gasteiger partial charge is 0.352 e. The maximum atomic E-state index is 11.8. The van der Waals surface area contributed by atoms with Crippen molar-refractivity contribution in [2.24, 2.45) is 10.4 Å². The summed E-state index contributed by atoms with van der Waals surface area (Å²) in [4.78, 5) is 15.7. The van der Waals surface area contributed by atoms with Crippen molar-refractivity contribution < 1.29 is 4.79 Å². The van der Waals surface area contributed by atoms with E-state index in [1.54, 1.807) is 0 Å². The lowest BCUT2D eigenvalue weighted by atomic mass is 9.95. The molecule has 0 heterocycles. The van der Waals surface area contributed by atoms with Crippen molar-refractivity contribution in [3.63, 3.8) is 0 Å². The van der Waals surface area contributed by atoms with Crippen molar-refractivity contribution in [1.82, 2.24) is 5.32 Å². The van der Waals surface area contributed by atoms with Gasteiger partial charge in [-0.25, -0.2) is 0 Å². The highest BCUT2D eigenvalue weighted by molar-refractivity contribution is 7.78. The van der Waals surface area contributed by atoms with Crippen LogP contribution in [0.5, 0.6) is 0 Å². The number of hydrogen-bond donors (Lipinski definition) is 1. The number of amides is 1. The first-order valence-corrected chi connectivity index (χ1v) is 6.21. The molecule has 0 atom stereocenters. The number of rotatable bonds is 3. The van der Waals surface area contributed by atoms with Crippen LogP contribution in [0.3, 0.4) is 0 Å². The van der Waals surface area contributed by atoms with Crippen LogP contribution < -0.4 is 5.32 Å². The molecule has 4 heteroatoms. The monoisotopic (exact) mass is 262 g/mol. The highest BCUT2D eigenvalue weighted by atomic mass is 32.1. The summed E-state index contributed by atoms with van der Waals surface area (Å²) in [5.41, 5.74) is 2.47. The third-order valence-electron chi connectivity index (χ3n) is 2.57. The Morgan fingerprint density at radius 3 is 2.67 bits per heavy atom. The van der Waals surface area contributed by atoms with Crippen LogP contribution in [0, 0.1) is 12.3 Å². The lowest BCUT2D eigenvalue weighted by Gasteiger charge is -2.17. The zero-order chi connectivity index (χ0) is 13.8. The van der Waals surface area contributed by atoms with Gasteiger partial charge < -0.3 is 5.32 Å². The van der Waals surface area contributed by atoms with Gasteiger partial charge >= 0.3 is 0 Å². The van der Waals surface area contributed by atoms with Gasteiger partial charge in [0, 0.05) is 12.0 Å². The number of carbonyl (C=O) groups excluding carboxylic acids is 1. The van der Waals surface area contributed by atoms with Gasteiger partial charge in [-0.05, 0) is 36.3 Å². The van der Waals surface area contributed by atoms with Crippen LogP contribution in [-0.4, -0.2) is 11.1 Å². The first-order valence-electron chi connectivity index (χ1n) is 5.80. The number of benzene rings is 1. The number of aryl methyl sites for hydroxylation is 1. The van der Waals surface area contributed by atoms with Gasteiger partial charge in [0.25, 0.3) is 0 Å². The van der Waals surface area contributed by atoms with Crippen molar-refractivity contribution in [2.75, 3.05) is 0 Å². The van der Waals surface area contributed by atoms with Crippen molar-refractivity contribution >= 4 is 29.0 Å². The Hall–Kier alpha value is -1.51. The molecular weight excluding hydrogens is 244 g/mol. The molecule has 1 rings (SSSR count). The standard InChI is InChI=1S/C14H18N2OS/c1-10-5-6-11(7-12(10)16-9-18)8-15-13(17)14(2,3)4/h5-7H,8H2,1-4H3,(H,15,17). The summed E-state index contributed by atoms with van der Waals surface area (Å²) in [7, 11) is 0. The zero-order valence-corrected chi connectivity index (χ0v) is 12.0. The lowest BCUT2D eigenvalue weighted by molar-refractivity contribution is -0.128. The van der Waals surface area contributed by atoms with Gasteiger partial charge in [0.1, 0.15) is 0 Å². The van der Waals surface area contributed by atoms with Crippen LogP contribution in [0.25, 0.3) is 0 Å². The molecule has 0 saturated heterocycles. The topological polar surface area (TPSA) is 41.5 Å². The van der Waals surface area contributed by atoms with Crippen LogP contribution in [0.4, 0.5) is 5.69 Å². The van der Waals surface area contributed by atoms with Crippen LogP contribution in [0.1, 0.15) is 31.9 Å². The fourth-order valence-corrected chi connectivity index (χ4v) is 1.48. The van der Waals surface area contributed by atoms with E-state index in [0.29, 0.717) is 6.54 Å². The summed E-state index contributed by atoms with van der Waals surface area (Å²) < 4.78 is 0. The minimum atomic E-state index is -0.375. The van der Waals surface area contributed by atoms with Gasteiger partial charge in [-0.3, -0.25) is 4.79 Å². The van der Waals surface area contributed by atoms with Crippen LogP contribution in [0.15, 0.2) is 23.2 Å². The van der Waals surface area contributed by atoms with E-state index in [9.17, 15) is 4.79 Å². The van der Waals surface area contributed by atoms with Crippen molar-refractivity contribution in [1.29, 1.82) is 0 Å². The second-order valence-electron chi connectivity index (χ2n) is 5.26.